The molecule has 0 aromatic carbocycles. The quantitative estimate of drug-likeness (QED) is 0.344. The third-order valence-electron chi connectivity index (χ3n) is 0.462. The Bertz CT molecular complexity index is 138. The molecule has 0 radical (unpaired) electrons. The van der Waals surface area contributed by atoms with E-state index < -0.39 is 0 Å². The predicted molar refractivity (Wildman–Crippen MR) is 23.9 cm³/mol. The van der Waals surface area contributed by atoms with Gasteiger partial charge in [0.2, 0.25) is 0 Å². The minimum Gasteiger partial charge on any atom is -0.325 e. The molecule has 0 heterocycles. The molecule has 0 aliphatic rings. The van der Waals surface area contributed by atoms with Gasteiger partial charge in [0, 0.05) is 6.54 Å². The van der Waals surface area contributed by atoms with Gasteiger partial charge in [-0.15, -0.1) is 0 Å². The number of nitrogens with two attached hydrogens (primary N) is 1. The topological polar surface area (TPSA) is 66.9 Å². The number of nitriles is 1. The molecule has 36 valence electrons. The maximum Gasteiger partial charge on any atom is 0.140 e. The third-order valence-corrected chi connectivity index (χ3v) is 0.462. The van der Waals surface area contributed by atoms with Gasteiger partial charge in [0.05, 0.1) is 0 Å². The zero-order chi connectivity index (χ0) is 5.70. The van der Waals surface area contributed by atoms with E-state index in [9.17, 15) is 4.79 Å². The lowest BCUT2D eigenvalue weighted by Gasteiger charge is -1.74. The molecule has 0 amide bonds. The Morgan fingerprint density at radius 2 is 2.43 bits per heavy atom. The van der Waals surface area contributed by atoms with Crippen molar-refractivity contribution >= 4 is 5.94 Å². The normalized spacial score (nSPS) is 6.29. The summed E-state index contributed by atoms with van der Waals surface area (Å²) in [5, 5.41) is 7.90. The van der Waals surface area contributed by atoms with E-state index in [1.165, 1.54) is 5.94 Å². The van der Waals surface area contributed by atoms with Crippen molar-refractivity contribution in [1.29, 1.82) is 5.26 Å². The summed E-state index contributed by atoms with van der Waals surface area (Å²) < 4.78 is 0. The summed E-state index contributed by atoms with van der Waals surface area (Å²) >= 11 is 0. The van der Waals surface area contributed by atoms with E-state index in [1.807, 2.05) is 0 Å². The zero-order valence-corrected chi connectivity index (χ0v) is 3.64. The number of hydrogen-bond donors (Lipinski definition) is 1. The Morgan fingerprint density at radius 3 is 2.43 bits per heavy atom. The van der Waals surface area contributed by atoms with Crippen LogP contribution in [0.4, 0.5) is 0 Å². The molecule has 3 nitrogen and oxygen atoms in total. The second-order valence-electron chi connectivity index (χ2n) is 0.897. The number of rotatable bonds is 1. The van der Waals surface area contributed by atoms with Gasteiger partial charge in [-0.25, -0.2) is 4.79 Å². The molecule has 0 spiro atoms. The highest BCUT2D eigenvalue weighted by Crippen LogP contribution is 1.73. The molecule has 0 bridgehead atoms. The molecule has 0 unspecified atom stereocenters. The van der Waals surface area contributed by atoms with Crippen molar-refractivity contribution in [1.82, 2.24) is 0 Å². The standard InChI is InChI=1S/C4H4N2O/c5-1-4(2-6)3-7/h1,5H2. The Morgan fingerprint density at radius 1 is 1.86 bits per heavy atom. The molecule has 0 saturated carbocycles. The van der Waals surface area contributed by atoms with Crippen molar-refractivity contribution in [3.05, 3.63) is 5.57 Å². The fourth-order valence-corrected chi connectivity index (χ4v) is 0.110. The summed E-state index contributed by atoms with van der Waals surface area (Å²) in [5.74, 6) is 1.38. The Hall–Kier alpha value is -1.10. The smallest absolute Gasteiger partial charge is 0.140 e. The van der Waals surface area contributed by atoms with E-state index in [1.54, 1.807) is 6.07 Å². The van der Waals surface area contributed by atoms with Gasteiger partial charge in [-0.05, 0) is 0 Å². The molecule has 0 saturated heterocycles. The highest BCUT2D eigenvalue weighted by atomic mass is 16.1. The van der Waals surface area contributed by atoms with Crippen molar-refractivity contribution in [2.75, 3.05) is 6.54 Å². The van der Waals surface area contributed by atoms with Crippen LogP contribution in [0.15, 0.2) is 5.57 Å². The Labute approximate surface area is 41.0 Å². The molecular formula is C4H4N2O. The number of hydrogen-bond acceptors (Lipinski definition) is 3. The summed E-state index contributed by atoms with van der Waals surface area (Å²) in [6.45, 7) is -0.0139. The predicted octanol–water partition coefficient (Wildman–Crippen LogP) is -0.773. The summed E-state index contributed by atoms with van der Waals surface area (Å²) in [7, 11) is 0. The first kappa shape index (κ1) is 5.90. The van der Waals surface area contributed by atoms with Crippen LogP contribution in [-0.2, 0) is 4.79 Å². The Kier molecular flexibility index (Phi) is 2.62. The van der Waals surface area contributed by atoms with Gasteiger partial charge in [0.25, 0.3) is 0 Å². The van der Waals surface area contributed by atoms with Crippen LogP contribution in [0.3, 0.4) is 0 Å². The van der Waals surface area contributed by atoms with Crippen molar-refractivity contribution in [3.8, 4) is 6.07 Å². The van der Waals surface area contributed by atoms with Gasteiger partial charge in [-0.2, -0.15) is 5.26 Å². The lowest BCUT2D eigenvalue weighted by atomic mass is 10.3. The van der Waals surface area contributed by atoms with E-state index in [4.69, 9.17) is 11.0 Å². The van der Waals surface area contributed by atoms with Gasteiger partial charge in [-0.1, -0.05) is 0 Å². The zero-order valence-electron chi connectivity index (χ0n) is 3.64. The minimum absolute atomic E-state index is 0.0139. The fraction of sp³-hybridized carbons (Fsp3) is 0.250. The summed E-state index contributed by atoms with van der Waals surface area (Å²) in [6.07, 6.45) is 0. The Balaban J connectivity index is 3.95. The lowest BCUT2D eigenvalue weighted by Crippen LogP contribution is -2.00. The van der Waals surface area contributed by atoms with E-state index in [2.05, 4.69) is 0 Å². The highest BCUT2D eigenvalue weighted by molar-refractivity contribution is 5.59. The van der Waals surface area contributed by atoms with Gasteiger partial charge in [0.15, 0.2) is 0 Å². The second-order valence-corrected chi connectivity index (χ2v) is 0.897. The molecule has 0 aliphatic carbocycles. The third kappa shape index (κ3) is 1.72. The van der Waals surface area contributed by atoms with Crippen LogP contribution in [0.1, 0.15) is 0 Å². The van der Waals surface area contributed by atoms with Crippen LogP contribution >= 0.6 is 0 Å². The molecule has 0 aromatic heterocycles. The maximum absolute atomic E-state index is 9.50. The molecule has 7 heavy (non-hydrogen) atoms. The van der Waals surface area contributed by atoms with Crippen LogP contribution in [0.2, 0.25) is 0 Å². The van der Waals surface area contributed by atoms with Crippen molar-refractivity contribution in [3.63, 3.8) is 0 Å². The summed E-state index contributed by atoms with van der Waals surface area (Å²) in [4.78, 5) is 9.50. The van der Waals surface area contributed by atoms with Crippen LogP contribution in [0.5, 0.6) is 0 Å². The molecule has 0 aliphatic heterocycles. The lowest BCUT2D eigenvalue weighted by molar-refractivity contribution is 0.567. The first-order valence-electron chi connectivity index (χ1n) is 1.69. The summed E-state index contributed by atoms with van der Waals surface area (Å²) in [5.41, 5.74) is 4.83. The van der Waals surface area contributed by atoms with Crippen molar-refractivity contribution in [2.24, 2.45) is 5.73 Å². The van der Waals surface area contributed by atoms with Gasteiger partial charge in [-0.3, -0.25) is 0 Å². The first-order valence-corrected chi connectivity index (χ1v) is 1.69. The highest BCUT2D eigenvalue weighted by Gasteiger charge is 1.85. The molecule has 0 rings (SSSR count). The minimum atomic E-state index is -0.0417. The first-order chi connectivity index (χ1) is 3.35. The maximum atomic E-state index is 9.50. The number of carbonyl (C=O) groups excluding carboxylic acids is 1. The van der Waals surface area contributed by atoms with Crippen LogP contribution in [0, 0.1) is 11.3 Å². The molecule has 3 heteroatoms. The average molecular weight is 96.1 g/mol. The van der Waals surface area contributed by atoms with Crippen molar-refractivity contribution < 1.29 is 4.79 Å². The van der Waals surface area contributed by atoms with E-state index in [0.717, 1.165) is 0 Å². The molecule has 0 fully saturated rings. The van der Waals surface area contributed by atoms with E-state index in [-0.39, 0.29) is 12.1 Å². The molecule has 2 N–H and O–H groups in total. The van der Waals surface area contributed by atoms with Crippen LogP contribution in [0.25, 0.3) is 0 Å². The monoisotopic (exact) mass is 96.0 g/mol. The van der Waals surface area contributed by atoms with Crippen LogP contribution in [-0.4, -0.2) is 12.5 Å². The van der Waals surface area contributed by atoms with E-state index in [0.29, 0.717) is 0 Å². The molecule has 0 aromatic rings. The van der Waals surface area contributed by atoms with Gasteiger partial charge >= 0.3 is 0 Å². The number of nitrogens with zero attached hydrogens (tertiary/aromatic N) is 1. The fourth-order valence-electron chi connectivity index (χ4n) is 0.110. The van der Waals surface area contributed by atoms with Crippen molar-refractivity contribution in [2.45, 2.75) is 0 Å². The van der Waals surface area contributed by atoms with Crippen LogP contribution < -0.4 is 5.73 Å². The molecule has 0 atom stereocenters. The second kappa shape index (κ2) is 3.10. The SMILES string of the molecule is N#CC(=C=O)CN. The van der Waals surface area contributed by atoms with E-state index >= 15 is 0 Å². The van der Waals surface area contributed by atoms with Gasteiger partial charge < -0.3 is 5.73 Å². The largest absolute Gasteiger partial charge is 0.325 e. The molecular weight excluding hydrogens is 92.1 g/mol. The average Bonchev–Trinajstić information content (AvgIpc) is 1.72. The summed E-state index contributed by atoms with van der Waals surface area (Å²) in [6, 6.07) is 1.57. The van der Waals surface area contributed by atoms with Gasteiger partial charge in [0.1, 0.15) is 17.6 Å².